The predicted octanol–water partition coefficient (Wildman–Crippen LogP) is 6.12. The van der Waals surface area contributed by atoms with E-state index in [2.05, 4.69) is 0 Å². The first-order valence-corrected chi connectivity index (χ1v) is 7.30. The van der Waals surface area contributed by atoms with Gasteiger partial charge in [-0.3, -0.25) is 0 Å². The quantitative estimate of drug-likeness (QED) is 0.367. The van der Waals surface area contributed by atoms with Crippen molar-refractivity contribution in [1.29, 1.82) is 0 Å². The van der Waals surface area contributed by atoms with Gasteiger partial charge in [0, 0.05) is 10.0 Å². The molecule has 0 bridgehead atoms. The molecule has 2 unspecified atom stereocenters. The molecule has 0 N–H and O–H groups in total. The van der Waals surface area contributed by atoms with Crippen LogP contribution in [0, 0.1) is 0 Å². The average Bonchev–Trinajstić information content (AvgIpc) is 2.46. The van der Waals surface area contributed by atoms with Crippen LogP contribution in [0.4, 0.5) is 0 Å². The van der Waals surface area contributed by atoms with Crippen LogP contribution in [0.1, 0.15) is 22.3 Å². The summed E-state index contributed by atoms with van der Waals surface area (Å²) in [6.45, 7) is 0. The predicted molar refractivity (Wildman–Crippen MR) is 82.3 cm³/mol. The lowest BCUT2D eigenvalue weighted by Gasteiger charge is -2.14. The van der Waals surface area contributed by atoms with E-state index in [1.165, 1.54) is 0 Å². The van der Waals surface area contributed by atoms with Crippen molar-refractivity contribution in [3.8, 4) is 0 Å². The molecule has 0 aromatic heterocycles. The summed E-state index contributed by atoms with van der Waals surface area (Å²) in [4.78, 5) is 10.1. The molecule has 0 spiro atoms. The Morgan fingerprint density at radius 3 is 1.20 bits per heavy atom. The highest BCUT2D eigenvalue weighted by atomic mass is 35.5. The van der Waals surface area contributed by atoms with Crippen LogP contribution < -0.4 is 0 Å². The van der Waals surface area contributed by atoms with Crippen LogP contribution in [0.3, 0.4) is 0 Å². The SMILES string of the molecule is Clc1ccc(C(Cl)OOC(Cl)c2ccc(Cl)cc2)cc1. The van der Waals surface area contributed by atoms with Crippen LogP contribution in [-0.2, 0) is 9.78 Å². The molecule has 6 heteroatoms. The molecule has 0 aliphatic carbocycles. The lowest BCUT2D eigenvalue weighted by Crippen LogP contribution is -2.02. The molecule has 0 saturated carbocycles. The standard InChI is InChI=1S/C14H10Cl4O2/c15-11-5-1-9(2-6-11)13(17)19-20-14(18)10-3-7-12(16)8-4-10/h1-8,13-14H. The molecule has 0 saturated heterocycles. The Hall–Kier alpha value is -0.480. The molecule has 0 radical (unpaired) electrons. The van der Waals surface area contributed by atoms with Crippen LogP contribution in [0.2, 0.25) is 10.0 Å². The molecule has 0 amide bonds. The van der Waals surface area contributed by atoms with E-state index in [9.17, 15) is 0 Å². The van der Waals surface area contributed by atoms with Crippen molar-refractivity contribution in [2.24, 2.45) is 0 Å². The zero-order valence-electron chi connectivity index (χ0n) is 10.1. The molecule has 106 valence electrons. The van der Waals surface area contributed by atoms with E-state index < -0.39 is 11.1 Å². The van der Waals surface area contributed by atoms with E-state index in [0.717, 1.165) is 11.1 Å². The molecule has 20 heavy (non-hydrogen) atoms. The number of rotatable bonds is 5. The molecule has 2 aromatic carbocycles. The lowest BCUT2D eigenvalue weighted by molar-refractivity contribution is -0.322. The van der Waals surface area contributed by atoms with Gasteiger partial charge in [0.15, 0.2) is 11.1 Å². The summed E-state index contributed by atoms with van der Waals surface area (Å²) < 4.78 is 0. The first-order chi connectivity index (χ1) is 9.56. The van der Waals surface area contributed by atoms with Crippen LogP contribution in [0.25, 0.3) is 0 Å². The molecular formula is C14H10Cl4O2. The molecule has 2 nitrogen and oxygen atoms in total. The van der Waals surface area contributed by atoms with Gasteiger partial charge in [-0.05, 0) is 35.4 Å². The summed E-state index contributed by atoms with van der Waals surface area (Å²) >= 11 is 23.7. The van der Waals surface area contributed by atoms with E-state index in [-0.39, 0.29) is 0 Å². The van der Waals surface area contributed by atoms with E-state index in [4.69, 9.17) is 56.2 Å². The Bertz CT molecular complexity index is 491. The van der Waals surface area contributed by atoms with Gasteiger partial charge in [0.25, 0.3) is 0 Å². The minimum atomic E-state index is -0.777. The van der Waals surface area contributed by atoms with Crippen molar-refractivity contribution in [3.05, 3.63) is 69.7 Å². The van der Waals surface area contributed by atoms with Crippen molar-refractivity contribution in [1.82, 2.24) is 0 Å². The Labute approximate surface area is 137 Å². The third-order valence-electron chi connectivity index (χ3n) is 2.49. The summed E-state index contributed by atoms with van der Waals surface area (Å²) in [5.74, 6) is 0. The zero-order valence-corrected chi connectivity index (χ0v) is 13.1. The molecule has 0 heterocycles. The Balaban J connectivity index is 1.91. The summed E-state index contributed by atoms with van der Waals surface area (Å²) in [6, 6.07) is 13.8. The van der Waals surface area contributed by atoms with Crippen molar-refractivity contribution < 1.29 is 9.78 Å². The third kappa shape index (κ3) is 4.52. The van der Waals surface area contributed by atoms with Crippen LogP contribution in [0.15, 0.2) is 48.5 Å². The highest BCUT2D eigenvalue weighted by molar-refractivity contribution is 6.31. The zero-order chi connectivity index (χ0) is 14.5. The van der Waals surface area contributed by atoms with Crippen LogP contribution >= 0.6 is 46.4 Å². The van der Waals surface area contributed by atoms with E-state index >= 15 is 0 Å². The minimum Gasteiger partial charge on any atom is -0.210 e. The fourth-order valence-corrected chi connectivity index (χ4v) is 2.06. The molecule has 0 aliphatic rings. The topological polar surface area (TPSA) is 18.5 Å². The minimum absolute atomic E-state index is 0.620. The number of hydrogen-bond acceptors (Lipinski definition) is 2. The van der Waals surface area contributed by atoms with Crippen molar-refractivity contribution >= 4 is 46.4 Å². The molecule has 2 atom stereocenters. The van der Waals surface area contributed by atoms with Crippen LogP contribution in [-0.4, -0.2) is 0 Å². The highest BCUT2D eigenvalue weighted by Crippen LogP contribution is 2.29. The van der Waals surface area contributed by atoms with Gasteiger partial charge < -0.3 is 0 Å². The first-order valence-electron chi connectivity index (χ1n) is 5.67. The number of alkyl halides is 2. The molecular weight excluding hydrogens is 342 g/mol. The first kappa shape index (κ1) is 15.9. The molecule has 0 aliphatic heterocycles. The van der Waals surface area contributed by atoms with Gasteiger partial charge in [0.05, 0.1) is 0 Å². The summed E-state index contributed by atoms with van der Waals surface area (Å²) in [7, 11) is 0. The van der Waals surface area contributed by atoms with Gasteiger partial charge in [-0.15, -0.1) is 0 Å². The smallest absolute Gasteiger partial charge is 0.191 e. The Morgan fingerprint density at radius 1 is 0.600 bits per heavy atom. The van der Waals surface area contributed by atoms with Gasteiger partial charge in [-0.25, -0.2) is 9.78 Å². The average molecular weight is 352 g/mol. The van der Waals surface area contributed by atoms with Crippen molar-refractivity contribution in [3.63, 3.8) is 0 Å². The maximum absolute atomic E-state index is 6.05. The molecule has 0 fully saturated rings. The Morgan fingerprint density at radius 2 is 0.900 bits per heavy atom. The monoisotopic (exact) mass is 350 g/mol. The van der Waals surface area contributed by atoms with Crippen LogP contribution in [0.5, 0.6) is 0 Å². The van der Waals surface area contributed by atoms with E-state index in [1.54, 1.807) is 48.5 Å². The summed E-state index contributed by atoms with van der Waals surface area (Å²) in [5, 5.41) is 1.24. The fraction of sp³-hybridized carbons (Fsp3) is 0.143. The van der Waals surface area contributed by atoms with Gasteiger partial charge in [0.2, 0.25) is 0 Å². The molecule has 2 rings (SSSR count). The van der Waals surface area contributed by atoms with Gasteiger partial charge in [-0.2, -0.15) is 0 Å². The number of hydrogen-bond donors (Lipinski definition) is 0. The van der Waals surface area contributed by atoms with E-state index in [1.807, 2.05) is 0 Å². The highest BCUT2D eigenvalue weighted by Gasteiger charge is 2.14. The van der Waals surface area contributed by atoms with Crippen molar-refractivity contribution in [2.75, 3.05) is 0 Å². The molecule has 2 aromatic rings. The summed E-state index contributed by atoms with van der Waals surface area (Å²) in [6.07, 6.45) is 0. The van der Waals surface area contributed by atoms with Gasteiger partial charge in [-0.1, -0.05) is 70.7 Å². The maximum Gasteiger partial charge on any atom is 0.191 e. The maximum atomic E-state index is 6.05. The Kier molecular flexibility index (Phi) is 5.97. The number of benzene rings is 2. The van der Waals surface area contributed by atoms with Gasteiger partial charge >= 0.3 is 0 Å². The second kappa shape index (κ2) is 7.51. The fourth-order valence-electron chi connectivity index (χ4n) is 1.44. The second-order valence-electron chi connectivity index (χ2n) is 3.93. The van der Waals surface area contributed by atoms with E-state index in [0.29, 0.717) is 10.0 Å². The normalized spacial score (nSPS) is 14.0. The lowest BCUT2D eigenvalue weighted by atomic mass is 10.2. The summed E-state index contributed by atoms with van der Waals surface area (Å²) in [5.41, 5.74) is -0.117. The van der Waals surface area contributed by atoms with Crippen molar-refractivity contribution in [2.45, 2.75) is 11.1 Å². The van der Waals surface area contributed by atoms with Gasteiger partial charge in [0.1, 0.15) is 0 Å². The number of halogens is 4. The largest absolute Gasteiger partial charge is 0.210 e. The third-order valence-corrected chi connectivity index (χ3v) is 3.64. The second-order valence-corrected chi connectivity index (χ2v) is 5.59.